The molecule has 2 N–H and O–H groups in total. The Morgan fingerprint density at radius 1 is 1.14 bits per heavy atom. The van der Waals surface area contributed by atoms with Crippen LogP contribution in [-0.4, -0.2) is 54.6 Å². The summed E-state index contributed by atoms with van der Waals surface area (Å²) >= 11 is 0. The minimum Gasteiger partial charge on any atom is -0.497 e. The van der Waals surface area contributed by atoms with Crippen LogP contribution in [0.5, 0.6) is 5.75 Å². The molecule has 6 rings (SSSR count). The van der Waals surface area contributed by atoms with Crippen molar-refractivity contribution in [3.05, 3.63) is 53.7 Å². The van der Waals surface area contributed by atoms with E-state index in [0.717, 1.165) is 31.2 Å². The number of carbonyl (C=O) groups excluding carboxylic acids is 1. The number of carbonyl (C=O) groups is 1. The highest BCUT2D eigenvalue weighted by atomic mass is 16.5. The van der Waals surface area contributed by atoms with Crippen molar-refractivity contribution in [2.45, 2.75) is 30.8 Å². The number of aromatic nitrogens is 1. The fourth-order valence-electron chi connectivity index (χ4n) is 5.63. The first-order valence-electron chi connectivity index (χ1n) is 10.1. The molecule has 28 heavy (non-hydrogen) atoms. The van der Waals surface area contributed by atoms with Crippen molar-refractivity contribution in [2.75, 3.05) is 31.6 Å². The molecule has 4 fully saturated rings. The number of ether oxygens (including phenoxy) is 1. The van der Waals surface area contributed by atoms with E-state index in [1.807, 2.05) is 12.1 Å². The summed E-state index contributed by atoms with van der Waals surface area (Å²) in [6.45, 7) is 3.18. The van der Waals surface area contributed by atoms with Crippen LogP contribution >= 0.6 is 0 Å². The number of piperidine rings is 3. The molecule has 2 bridgehead atoms. The average Bonchev–Trinajstić information content (AvgIpc) is 3.17. The zero-order valence-corrected chi connectivity index (χ0v) is 16.1. The van der Waals surface area contributed by atoms with E-state index in [1.165, 1.54) is 18.4 Å². The van der Waals surface area contributed by atoms with Crippen LogP contribution < -0.4 is 15.4 Å². The SMILES string of the molecule is COc1ccc([C@@H]2CN(c3ncccc3C(N)=O)[C@@H]3C4CCN(CC4)[C@@H]32)cc1. The Morgan fingerprint density at radius 2 is 1.89 bits per heavy atom. The Morgan fingerprint density at radius 3 is 2.57 bits per heavy atom. The molecule has 0 saturated carbocycles. The second-order valence-corrected chi connectivity index (χ2v) is 8.13. The van der Waals surface area contributed by atoms with Crippen LogP contribution in [-0.2, 0) is 0 Å². The van der Waals surface area contributed by atoms with E-state index in [-0.39, 0.29) is 0 Å². The highest BCUT2D eigenvalue weighted by molar-refractivity contribution is 5.97. The van der Waals surface area contributed by atoms with Crippen LogP contribution in [0.15, 0.2) is 42.6 Å². The fraction of sp³-hybridized carbons (Fsp3) is 0.455. The molecule has 0 unspecified atom stereocenters. The molecule has 1 aromatic carbocycles. The molecular formula is C22H26N4O2. The zero-order valence-electron chi connectivity index (χ0n) is 16.1. The predicted octanol–water partition coefficient (Wildman–Crippen LogP) is 2.26. The molecule has 146 valence electrons. The summed E-state index contributed by atoms with van der Waals surface area (Å²) in [5, 5.41) is 0. The van der Waals surface area contributed by atoms with E-state index in [2.05, 4.69) is 26.9 Å². The van der Waals surface area contributed by atoms with Crippen molar-refractivity contribution < 1.29 is 9.53 Å². The highest BCUT2D eigenvalue weighted by Gasteiger charge is 2.54. The maximum absolute atomic E-state index is 12.1. The Bertz CT molecular complexity index is 876. The van der Waals surface area contributed by atoms with Gasteiger partial charge in [0.25, 0.3) is 5.91 Å². The molecule has 4 aliphatic rings. The standard InChI is InChI=1S/C22H26N4O2/c1-28-16-6-4-14(5-7-16)18-13-26(22-17(21(23)27)3-2-10-24-22)19-15-8-11-25(12-9-15)20(18)19/h2-7,10,15,18-20H,8-9,11-13H2,1H3,(H2,23,27)/t18-,19+,20+/m0/s1. The van der Waals surface area contributed by atoms with Gasteiger partial charge in [-0.15, -0.1) is 0 Å². The van der Waals surface area contributed by atoms with Gasteiger partial charge in [0.1, 0.15) is 11.6 Å². The van der Waals surface area contributed by atoms with Crippen LogP contribution in [0, 0.1) is 5.92 Å². The third-order valence-electron chi connectivity index (χ3n) is 6.86. The maximum Gasteiger partial charge on any atom is 0.252 e. The number of fused-ring (bicyclic) bond motifs is 2. The average molecular weight is 378 g/mol. The molecule has 0 aliphatic carbocycles. The van der Waals surface area contributed by atoms with Crippen molar-refractivity contribution in [3.8, 4) is 5.75 Å². The number of hydrogen-bond donors (Lipinski definition) is 1. The zero-order chi connectivity index (χ0) is 19.3. The summed E-state index contributed by atoms with van der Waals surface area (Å²) in [6, 6.07) is 12.8. The lowest BCUT2D eigenvalue weighted by molar-refractivity contribution is 0.0354. The monoisotopic (exact) mass is 378 g/mol. The third-order valence-corrected chi connectivity index (χ3v) is 6.86. The first-order chi connectivity index (χ1) is 13.7. The first-order valence-corrected chi connectivity index (χ1v) is 10.1. The van der Waals surface area contributed by atoms with Gasteiger partial charge in [0.05, 0.1) is 12.7 Å². The quantitative estimate of drug-likeness (QED) is 0.884. The smallest absolute Gasteiger partial charge is 0.252 e. The van der Waals surface area contributed by atoms with E-state index in [1.54, 1.807) is 25.4 Å². The summed E-state index contributed by atoms with van der Waals surface area (Å²) in [4.78, 5) is 21.7. The minimum atomic E-state index is -0.408. The van der Waals surface area contributed by atoms with Crippen LogP contribution in [0.25, 0.3) is 0 Å². The van der Waals surface area contributed by atoms with Crippen LogP contribution in [0.3, 0.4) is 0 Å². The lowest BCUT2D eigenvalue weighted by atomic mass is 9.75. The predicted molar refractivity (Wildman–Crippen MR) is 108 cm³/mol. The second kappa shape index (κ2) is 6.78. The Hall–Kier alpha value is -2.60. The lowest BCUT2D eigenvalue weighted by Gasteiger charge is -2.51. The molecule has 2 aromatic rings. The molecule has 6 nitrogen and oxygen atoms in total. The molecule has 1 amide bonds. The molecule has 5 heterocycles. The number of nitrogens with zero attached hydrogens (tertiary/aromatic N) is 3. The van der Waals surface area contributed by atoms with Gasteiger partial charge < -0.3 is 15.4 Å². The van der Waals surface area contributed by atoms with Crippen molar-refractivity contribution in [3.63, 3.8) is 0 Å². The largest absolute Gasteiger partial charge is 0.497 e. The number of methoxy groups -OCH3 is 1. The van der Waals surface area contributed by atoms with Gasteiger partial charge >= 0.3 is 0 Å². The summed E-state index contributed by atoms with van der Waals surface area (Å²) in [5.74, 6) is 2.23. The van der Waals surface area contributed by atoms with Crippen LogP contribution in [0.2, 0.25) is 0 Å². The van der Waals surface area contributed by atoms with E-state index in [9.17, 15) is 4.79 Å². The number of anilines is 1. The van der Waals surface area contributed by atoms with Gasteiger partial charge in [-0.3, -0.25) is 9.69 Å². The molecular weight excluding hydrogens is 352 g/mol. The number of pyridine rings is 1. The number of benzene rings is 1. The third kappa shape index (κ3) is 2.66. The Labute approximate surface area is 165 Å². The van der Waals surface area contributed by atoms with Crippen molar-refractivity contribution in [2.24, 2.45) is 11.7 Å². The molecule has 0 spiro atoms. The highest BCUT2D eigenvalue weighted by Crippen LogP contribution is 2.48. The number of rotatable bonds is 4. The minimum absolute atomic E-state index is 0.377. The van der Waals surface area contributed by atoms with E-state index in [4.69, 9.17) is 10.5 Å². The van der Waals surface area contributed by atoms with E-state index < -0.39 is 5.91 Å². The molecule has 0 radical (unpaired) electrons. The summed E-state index contributed by atoms with van der Waals surface area (Å²) in [5.41, 5.74) is 7.52. The molecule has 4 aliphatic heterocycles. The summed E-state index contributed by atoms with van der Waals surface area (Å²) in [7, 11) is 1.70. The molecule has 1 aromatic heterocycles. The number of nitrogens with two attached hydrogens (primary N) is 1. The van der Waals surface area contributed by atoms with Gasteiger partial charge in [0, 0.05) is 30.7 Å². The normalized spacial score (nSPS) is 30.9. The van der Waals surface area contributed by atoms with Crippen LogP contribution in [0.4, 0.5) is 5.82 Å². The van der Waals surface area contributed by atoms with Gasteiger partial charge in [-0.1, -0.05) is 12.1 Å². The Balaban J connectivity index is 1.57. The number of primary amides is 1. The summed E-state index contributed by atoms with van der Waals surface area (Å²) < 4.78 is 5.34. The lowest BCUT2D eigenvalue weighted by Crippen LogP contribution is -2.60. The van der Waals surface area contributed by atoms with Gasteiger partial charge in [-0.05, 0) is 61.7 Å². The molecule has 3 atom stereocenters. The van der Waals surface area contributed by atoms with Crippen molar-refractivity contribution in [1.29, 1.82) is 0 Å². The topological polar surface area (TPSA) is 71.7 Å². The Kier molecular flexibility index (Phi) is 4.23. The number of hydrogen-bond acceptors (Lipinski definition) is 5. The first kappa shape index (κ1) is 17.5. The van der Waals surface area contributed by atoms with E-state index >= 15 is 0 Å². The van der Waals surface area contributed by atoms with Crippen LogP contribution in [0.1, 0.15) is 34.7 Å². The van der Waals surface area contributed by atoms with Crippen molar-refractivity contribution >= 4 is 11.7 Å². The fourth-order valence-corrected chi connectivity index (χ4v) is 5.63. The van der Waals surface area contributed by atoms with Gasteiger partial charge in [-0.25, -0.2) is 4.98 Å². The summed E-state index contributed by atoms with van der Waals surface area (Å²) in [6.07, 6.45) is 4.19. The van der Waals surface area contributed by atoms with Crippen molar-refractivity contribution in [1.82, 2.24) is 9.88 Å². The molecule has 4 saturated heterocycles. The van der Waals surface area contributed by atoms with Gasteiger partial charge in [0.2, 0.25) is 0 Å². The maximum atomic E-state index is 12.1. The van der Waals surface area contributed by atoms with Gasteiger partial charge in [0.15, 0.2) is 0 Å². The molecule has 6 heteroatoms. The second-order valence-electron chi connectivity index (χ2n) is 8.13. The van der Waals surface area contributed by atoms with E-state index in [0.29, 0.717) is 29.5 Å². The van der Waals surface area contributed by atoms with Gasteiger partial charge in [-0.2, -0.15) is 0 Å². The number of amides is 1.